The fraction of sp³-hybridized carbons (Fsp3) is 0.0625. The molecule has 0 saturated heterocycles. The van der Waals surface area contributed by atoms with E-state index in [9.17, 15) is 4.39 Å². The van der Waals surface area contributed by atoms with Crippen LogP contribution in [0.25, 0.3) is 22.0 Å². The second-order valence-electron chi connectivity index (χ2n) is 4.42. The van der Waals surface area contributed by atoms with Gasteiger partial charge < -0.3 is 4.98 Å². The normalized spacial score (nSPS) is 10.5. The van der Waals surface area contributed by atoms with Gasteiger partial charge in [0.2, 0.25) is 0 Å². The minimum absolute atomic E-state index is 0.239. The highest BCUT2D eigenvalue weighted by molar-refractivity contribution is 5.88. The van der Waals surface area contributed by atoms with Crippen LogP contribution in [-0.4, -0.2) is 4.98 Å². The molecule has 2 aromatic carbocycles. The molecule has 0 radical (unpaired) electrons. The molecule has 19 heavy (non-hydrogen) atoms. The molecule has 1 N–H and O–H groups in total. The lowest BCUT2D eigenvalue weighted by atomic mass is 10.0. The summed E-state index contributed by atoms with van der Waals surface area (Å²) in [4.78, 5) is 3.15. The van der Waals surface area contributed by atoms with E-state index in [-0.39, 0.29) is 5.82 Å². The van der Waals surface area contributed by atoms with E-state index < -0.39 is 0 Å². The largest absolute Gasteiger partial charge is 0.361 e. The van der Waals surface area contributed by atoms with Crippen LogP contribution in [0.3, 0.4) is 0 Å². The SMILES string of the molecule is N#CCc1c[nH]c2ccc(-c3ccc(F)cc3)cc12. The molecule has 0 saturated carbocycles. The number of nitrogens with zero attached hydrogens (tertiary/aromatic N) is 1. The molecule has 0 aliphatic heterocycles. The molecule has 3 heteroatoms. The fourth-order valence-electron chi connectivity index (χ4n) is 2.23. The first-order valence-electron chi connectivity index (χ1n) is 6.01. The van der Waals surface area contributed by atoms with Crippen molar-refractivity contribution in [2.75, 3.05) is 0 Å². The van der Waals surface area contributed by atoms with Crippen LogP contribution in [0.5, 0.6) is 0 Å². The average Bonchev–Trinajstić information content (AvgIpc) is 2.83. The summed E-state index contributed by atoms with van der Waals surface area (Å²) in [5.41, 5.74) is 3.98. The van der Waals surface area contributed by atoms with E-state index in [1.807, 2.05) is 24.4 Å². The summed E-state index contributed by atoms with van der Waals surface area (Å²) in [6, 6.07) is 14.6. The predicted molar refractivity (Wildman–Crippen MR) is 73.0 cm³/mol. The van der Waals surface area contributed by atoms with Gasteiger partial charge in [-0.1, -0.05) is 18.2 Å². The number of halogens is 1. The molecule has 0 spiro atoms. The minimum Gasteiger partial charge on any atom is -0.361 e. The van der Waals surface area contributed by atoms with Crippen molar-refractivity contribution in [1.29, 1.82) is 5.26 Å². The number of aromatic nitrogens is 1. The van der Waals surface area contributed by atoms with Gasteiger partial charge in [-0.25, -0.2) is 4.39 Å². The first kappa shape index (κ1) is 11.5. The monoisotopic (exact) mass is 250 g/mol. The zero-order valence-corrected chi connectivity index (χ0v) is 10.2. The Morgan fingerprint density at radius 2 is 1.79 bits per heavy atom. The van der Waals surface area contributed by atoms with Gasteiger partial charge in [0.05, 0.1) is 12.5 Å². The maximum atomic E-state index is 12.9. The van der Waals surface area contributed by atoms with E-state index in [0.717, 1.165) is 27.6 Å². The number of rotatable bonds is 2. The lowest BCUT2D eigenvalue weighted by Crippen LogP contribution is -1.81. The topological polar surface area (TPSA) is 39.6 Å². The number of H-pyrrole nitrogens is 1. The van der Waals surface area contributed by atoms with Gasteiger partial charge in [-0.15, -0.1) is 0 Å². The van der Waals surface area contributed by atoms with Gasteiger partial charge in [-0.05, 0) is 41.0 Å². The maximum absolute atomic E-state index is 12.9. The van der Waals surface area contributed by atoms with Gasteiger partial charge >= 0.3 is 0 Å². The van der Waals surface area contributed by atoms with Crippen LogP contribution in [0.15, 0.2) is 48.7 Å². The fourth-order valence-corrected chi connectivity index (χ4v) is 2.23. The Kier molecular flexibility index (Phi) is 2.77. The summed E-state index contributed by atoms with van der Waals surface area (Å²) in [5, 5.41) is 9.85. The molecule has 1 heterocycles. The van der Waals surface area contributed by atoms with Crippen LogP contribution in [0.2, 0.25) is 0 Å². The van der Waals surface area contributed by atoms with Crippen molar-refractivity contribution < 1.29 is 4.39 Å². The highest BCUT2D eigenvalue weighted by atomic mass is 19.1. The van der Waals surface area contributed by atoms with Crippen LogP contribution < -0.4 is 0 Å². The van der Waals surface area contributed by atoms with Gasteiger partial charge in [-0.3, -0.25) is 0 Å². The van der Waals surface area contributed by atoms with Crippen LogP contribution in [-0.2, 0) is 6.42 Å². The Bertz CT molecular complexity index is 764. The molecule has 0 atom stereocenters. The molecule has 3 aromatic rings. The minimum atomic E-state index is -0.239. The molecule has 0 fully saturated rings. The Labute approximate surface area is 110 Å². The zero-order chi connectivity index (χ0) is 13.2. The van der Waals surface area contributed by atoms with E-state index in [1.165, 1.54) is 12.1 Å². The summed E-state index contributed by atoms with van der Waals surface area (Å²) in [5.74, 6) is -0.239. The predicted octanol–water partition coefficient (Wildman–Crippen LogP) is 4.04. The zero-order valence-electron chi connectivity index (χ0n) is 10.2. The molecule has 2 nitrogen and oxygen atoms in total. The number of fused-ring (bicyclic) bond motifs is 1. The summed E-state index contributed by atoms with van der Waals surface area (Å²) >= 11 is 0. The van der Waals surface area contributed by atoms with E-state index in [4.69, 9.17) is 5.26 Å². The number of benzene rings is 2. The van der Waals surface area contributed by atoms with Crippen molar-refractivity contribution in [2.45, 2.75) is 6.42 Å². The summed E-state index contributed by atoms with van der Waals surface area (Å²) in [6.07, 6.45) is 2.25. The lowest BCUT2D eigenvalue weighted by Gasteiger charge is -2.02. The van der Waals surface area contributed by atoms with Crippen molar-refractivity contribution >= 4 is 10.9 Å². The van der Waals surface area contributed by atoms with E-state index >= 15 is 0 Å². The standard InChI is InChI=1S/C16H11FN2/c17-14-4-1-11(2-5-14)12-3-6-16-15(9-12)13(7-8-18)10-19-16/h1-6,9-10,19H,7H2. The van der Waals surface area contributed by atoms with Crippen LogP contribution in [0.1, 0.15) is 5.56 Å². The summed E-state index contributed by atoms with van der Waals surface area (Å²) in [7, 11) is 0. The van der Waals surface area contributed by atoms with Crippen LogP contribution in [0.4, 0.5) is 4.39 Å². The third-order valence-corrected chi connectivity index (χ3v) is 3.21. The first-order valence-corrected chi connectivity index (χ1v) is 6.01. The second kappa shape index (κ2) is 4.58. The highest BCUT2D eigenvalue weighted by Gasteiger charge is 2.05. The molecule has 0 aliphatic carbocycles. The Morgan fingerprint density at radius 3 is 2.53 bits per heavy atom. The molecule has 92 valence electrons. The molecule has 0 amide bonds. The number of hydrogen-bond acceptors (Lipinski definition) is 1. The summed E-state index contributed by atoms with van der Waals surface area (Å²) < 4.78 is 12.9. The Morgan fingerprint density at radius 1 is 1.05 bits per heavy atom. The lowest BCUT2D eigenvalue weighted by molar-refractivity contribution is 0.628. The van der Waals surface area contributed by atoms with Crippen LogP contribution in [0, 0.1) is 17.1 Å². The van der Waals surface area contributed by atoms with Crippen LogP contribution >= 0.6 is 0 Å². The Balaban J connectivity index is 2.12. The smallest absolute Gasteiger partial charge is 0.123 e. The number of nitriles is 1. The number of hydrogen-bond donors (Lipinski definition) is 1. The molecule has 1 aromatic heterocycles. The van der Waals surface area contributed by atoms with Gasteiger partial charge in [0.1, 0.15) is 5.82 Å². The van der Waals surface area contributed by atoms with Crippen molar-refractivity contribution in [3.05, 3.63) is 60.0 Å². The van der Waals surface area contributed by atoms with E-state index in [1.54, 1.807) is 12.1 Å². The van der Waals surface area contributed by atoms with E-state index in [0.29, 0.717) is 6.42 Å². The molecule has 0 bridgehead atoms. The maximum Gasteiger partial charge on any atom is 0.123 e. The first-order chi connectivity index (χ1) is 9.28. The van der Waals surface area contributed by atoms with Gasteiger partial charge in [0.15, 0.2) is 0 Å². The second-order valence-corrected chi connectivity index (χ2v) is 4.42. The highest BCUT2D eigenvalue weighted by Crippen LogP contribution is 2.26. The van der Waals surface area contributed by atoms with Crippen molar-refractivity contribution in [3.63, 3.8) is 0 Å². The third kappa shape index (κ3) is 2.09. The van der Waals surface area contributed by atoms with Crippen molar-refractivity contribution in [3.8, 4) is 17.2 Å². The van der Waals surface area contributed by atoms with Gasteiger partial charge in [0, 0.05) is 17.1 Å². The molecular formula is C16H11FN2. The Hall–Kier alpha value is -2.60. The van der Waals surface area contributed by atoms with E-state index in [2.05, 4.69) is 11.1 Å². The molecule has 3 rings (SSSR count). The quantitative estimate of drug-likeness (QED) is 0.732. The molecular weight excluding hydrogens is 239 g/mol. The van der Waals surface area contributed by atoms with Crippen molar-refractivity contribution in [1.82, 2.24) is 4.98 Å². The summed E-state index contributed by atoms with van der Waals surface area (Å²) in [6.45, 7) is 0. The third-order valence-electron chi connectivity index (χ3n) is 3.21. The van der Waals surface area contributed by atoms with Gasteiger partial charge in [0.25, 0.3) is 0 Å². The number of nitrogens with one attached hydrogen (secondary N) is 1. The van der Waals surface area contributed by atoms with Crippen molar-refractivity contribution in [2.24, 2.45) is 0 Å². The molecule has 0 aliphatic rings. The molecule has 0 unspecified atom stereocenters. The average molecular weight is 250 g/mol. The number of aromatic amines is 1. The van der Waals surface area contributed by atoms with Gasteiger partial charge in [-0.2, -0.15) is 5.26 Å².